The summed E-state index contributed by atoms with van der Waals surface area (Å²) in [5.74, 6) is -0.123. The molecule has 2 heterocycles. The molecule has 1 atom stereocenters. The van der Waals surface area contributed by atoms with Crippen LogP contribution in [0.1, 0.15) is 40.3 Å². The zero-order valence-corrected chi connectivity index (χ0v) is 11.4. The molecule has 3 rings (SSSR count). The predicted molar refractivity (Wildman–Crippen MR) is 76.3 cm³/mol. The summed E-state index contributed by atoms with van der Waals surface area (Å²) in [6.45, 7) is 3.61. The van der Waals surface area contributed by atoms with Gasteiger partial charge in [-0.05, 0) is 12.5 Å². The van der Waals surface area contributed by atoms with E-state index in [9.17, 15) is 4.79 Å². The Morgan fingerprint density at radius 3 is 2.95 bits per heavy atom. The molecule has 1 aliphatic rings. The van der Waals surface area contributed by atoms with Crippen molar-refractivity contribution in [3.8, 4) is 0 Å². The number of amides is 1. The molecule has 0 fully saturated rings. The van der Waals surface area contributed by atoms with E-state index in [0.29, 0.717) is 12.2 Å². The predicted octanol–water partition coefficient (Wildman–Crippen LogP) is 1.55. The van der Waals surface area contributed by atoms with Gasteiger partial charge in [0.2, 0.25) is 0 Å². The molecule has 2 aromatic rings. The number of hydrogen-bond donors (Lipinski definition) is 3. The number of H-pyrrole nitrogens is 1. The van der Waals surface area contributed by atoms with E-state index in [0.717, 1.165) is 29.8 Å². The zero-order valence-electron chi connectivity index (χ0n) is 11.4. The van der Waals surface area contributed by atoms with Crippen LogP contribution in [0.3, 0.4) is 0 Å². The minimum Gasteiger partial charge on any atom is -0.344 e. The van der Waals surface area contributed by atoms with E-state index < -0.39 is 0 Å². The second-order valence-electron chi connectivity index (χ2n) is 5.06. The number of aromatic amines is 1. The molecular formula is C15H18N4O. The standard InChI is InChI=1S/C15H18N4O/c1-10(11-5-3-2-4-6-11)17-15(20)14-12-9-16-8-7-13(12)18-19-14/h2-6,10,16H,7-9H2,1H3,(H,17,20)(H,18,19). The van der Waals surface area contributed by atoms with E-state index in [1.54, 1.807) is 0 Å². The summed E-state index contributed by atoms with van der Waals surface area (Å²) in [5, 5.41) is 13.4. The highest BCUT2D eigenvalue weighted by molar-refractivity contribution is 5.94. The Balaban J connectivity index is 1.75. The van der Waals surface area contributed by atoms with Crippen LogP contribution < -0.4 is 10.6 Å². The van der Waals surface area contributed by atoms with Gasteiger partial charge in [0.15, 0.2) is 5.69 Å². The Morgan fingerprint density at radius 2 is 2.15 bits per heavy atom. The lowest BCUT2D eigenvalue weighted by molar-refractivity contribution is 0.0933. The van der Waals surface area contributed by atoms with Crippen molar-refractivity contribution in [3.63, 3.8) is 0 Å². The van der Waals surface area contributed by atoms with E-state index in [1.807, 2.05) is 37.3 Å². The molecule has 3 N–H and O–H groups in total. The van der Waals surface area contributed by atoms with Gasteiger partial charge in [-0.25, -0.2) is 0 Å². The third-order valence-electron chi connectivity index (χ3n) is 3.67. The summed E-state index contributed by atoms with van der Waals surface area (Å²) >= 11 is 0. The molecule has 1 unspecified atom stereocenters. The normalized spacial score (nSPS) is 15.4. The Kier molecular flexibility index (Phi) is 3.52. The van der Waals surface area contributed by atoms with E-state index in [1.165, 1.54) is 0 Å². The molecular weight excluding hydrogens is 252 g/mol. The fraction of sp³-hybridized carbons (Fsp3) is 0.333. The number of fused-ring (bicyclic) bond motifs is 1. The maximum absolute atomic E-state index is 12.3. The highest BCUT2D eigenvalue weighted by Crippen LogP contribution is 2.17. The molecule has 0 aliphatic carbocycles. The van der Waals surface area contributed by atoms with Crippen molar-refractivity contribution in [2.45, 2.75) is 25.9 Å². The summed E-state index contributed by atoms with van der Waals surface area (Å²) in [5.41, 5.74) is 3.66. The molecule has 1 aromatic heterocycles. The second-order valence-corrected chi connectivity index (χ2v) is 5.06. The van der Waals surface area contributed by atoms with Crippen LogP contribution in [0, 0.1) is 0 Å². The molecule has 0 saturated heterocycles. The average molecular weight is 270 g/mol. The maximum Gasteiger partial charge on any atom is 0.272 e. The molecule has 0 radical (unpaired) electrons. The van der Waals surface area contributed by atoms with Gasteiger partial charge in [0.25, 0.3) is 5.91 Å². The number of rotatable bonds is 3. The molecule has 0 saturated carbocycles. The first-order chi connectivity index (χ1) is 9.75. The molecule has 5 nitrogen and oxygen atoms in total. The Morgan fingerprint density at radius 1 is 1.35 bits per heavy atom. The van der Waals surface area contributed by atoms with Crippen LogP contribution in [0.2, 0.25) is 0 Å². The van der Waals surface area contributed by atoms with Crippen LogP contribution in [0.4, 0.5) is 0 Å². The summed E-state index contributed by atoms with van der Waals surface area (Å²) in [6, 6.07) is 9.89. The number of carbonyl (C=O) groups is 1. The number of nitrogens with one attached hydrogen (secondary N) is 3. The van der Waals surface area contributed by atoms with Crippen molar-refractivity contribution in [1.82, 2.24) is 20.8 Å². The Labute approximate surface area is 117 Å². The van der Waals surface area contributed by atoms with Crippen molar-refractivity contribution in [1.29, 1.82) is 0 Å². The monoisotopic (exact) mass is 270 g/mol. The van der Waals surface area contributed by atoms with Crippen molar-refractivity contribution >= 4 is 5.91 Å². The molecule has 20 heavy (non-hydrogen) atoms. The van der Waals surface area contributed by atoms with Gasteiger partial charge in [-0.2, -0.15) is 5.10 Å². The quantitative estimate of drug-likeness (QED) is 0.792. The first kappa shape index (κ1) is 12.9. The van der Waals surface area contributed by atoms with Gasteiger partial charge in [0.05, 0.1) is 6.04 Å². The number of benzene rings is 1. The van der Waals surface area contributed by atoms with E-state index >= 15 is 0 Å². The van der Waals surface area contributed by atoms with Crippen LogP contribution in [-0.4, -0.2) is 22.6 Å². The minimum atomic E-state index is -0.123. The van der Waals surface area contributed by atoms with Gasteiger partial charge in [-0.1, -0.05) is 30.3 Å². The fourth-order valence-electron chi connectivity index (χ4n) is 2.50. The van der Waals surface area contributed by atoms with Crippen LogP contribution >= 0.6 is 0 Å². The van der Waals surface area contributed by atoms with Crippen LogP contribution in [0.15, 0.2) is 30.3 Å². The van der Waals surface area contributed by atoms with Crippen LogP contribution in [-0.2, 0) is 13.0 Å². The Hall–Kier alpha value is -2.14. The summed E-state index contributed by atoms with van der Waals surface area (Å²) in [7, 11) is 0. The van der Waals surface area contributed by atoms with Crippen molar-refractivity contribution in [2.24, 2.45) is 0 Å². The summed E-state index contributed by atoms with van der Waals surface area (Å²) in [6.07, 6.45) is 0.893. The molecule has 0 bridgehead atoms. The van der Waals surface area contributed by atoms with Gasteiger partial charge in [-0.3, -0.25) is 9.89 Å². The van der Waals surface area contributed by atoms with Gasteiger partial charge < -0.3 is 10.6 Å². The smallest absolute Gasteiger partial charge is 0.272 e. The molecule has 5 heteroatoms. The van der Waals surface area contributed by atoms with Crippen molar-refractivity contribution < 1.29 is 4.79 Å². The highest BCUT2D eigenvalue weighted by atomic mass is 16.2. The minimum absolute atomic E-state index is 0.0346. The molecule has 1 aromatic carbocycles. The lowest BCUT2D eigenvalue weighted by Gasteiger charge is -2.15. The SMILES string of the molecule is CC(NC(=O)c1n[nH]c2c1CNCC2)c1ccccc1. The molecule has 0 spiro atoms. The zero-order chi connectivity index (χ0) is 13.9. The number of carbonyl (C=O) groups excluding carboxylic acids is 1. The summed E-state index contributed by atoms with van der Waals surface area (Å²) in [4.78, 5) is 12.3. The molecule has 1 amide bonds. The van der Waals surface area contributed by atoms with Gasteiger partial charge in [0.1, 0.15) is 0 Å². The Bertz CT molecular complexity index is 606. The van der Waals surface area contributed by atoms with Crippen molar-refractivity contribution in [3.05, 3.63) is 52.8 Å². The van der Waals surface area contributed by atoms with E-state index in [4.69, 9.17) is 0 Å². The molecule has 104 valence electrons. The van der Waals surface area contributed by atoms with Crippen LogP contribution in [0.5, 0.6) is 0 Å². The van der Waals surface area contributed by atoms with Gasteiger partial charge >= 0.3 is 0 Å². The van der Waals surface area contributed by atoms with Gasteiger partial charge in [0, 0.05) is 30.8 Å². The maximum atomic E-state index is 12.3. The highest BCUT2D eigenvalue weighted by Gasteiger charge is 2.22. The summed E-state index contributed by atoms with van der Waals surface area (Å²) < 4.78 is 0. The lowest BCUT2D eigenvalue weighted by atomic mass is 10.1. The van der Waals surface area contributed by atoms with E-state index in [2.05, 4.69) is 20.8 Å². The third kappa shape index (κ3) is 2.44. The topological polar surface area (TPSA) is 69.8 Å². The first-order valence-electron chi connectivity index (χ1n) is 6.88. The lowest BCUT2D eigenvalue weighted by Crippen LogP contribution is -2.30. The van der Waals surface area contributed by atoms with Crippen LogP contribution in [0.25, 0.3) is 0 Å². The largest absolute Gasteiger partial charge is 0.344 e. The number of nitrogens with zero attached hydrogens (tertiary/aromatic N) is 1. The van der Waals surface area contributed by atoms with Crippen molar-refractivity contribution in [2.75, 3.05) is 6.54 Å². The fourth-order valence-corrected chi connectivity index (χ4v) is 2.50. The van der Waals surface area contributed by atoms with E-state index in [-0.39, 0.29) is 11.9 Å². The molecule has 1 aliphatic heterocycles. The van der Waals surface area contributed by atoms with Gasteiger partial charge in [-0.15, -0.1) is 0 Å². The second kappa shape index (κ2) is 5.46. The number of aromatic nitrogens is 2. The average Bonchev–Trinajstić information content (AvgIpc) is 2.92. The first-order valence-corrected chi connectivity index (χ1v) is 6.88. The number of hydrogen-bond acceptors (Lipinski definition) is 3. The third-order valence-corrected chi connectivity index (χ3v) is 3.67.